The average Bonchev–Trinajstić information content (AvgIpc) is 2.59. The second-order valence-corrected chi connectivity index (χ2v) is 3.46. The summed E-state index contributed by atoms with van der Waals surface area (Å²) in [6.45, 7) is 3.68. The number of carbonyl (C=O) groups is 1. The summed E-state index contributed by atoms with van der Waals surface area (Å²) in [5, 5.41) is 18.5. The SMILES string of the molecule is Cc1nnc(C)n1-c1ccc(C(=O)[O-])cc1. The minimum Gasteiger partial charge on any atom is -0.545 e. The van der Waals surface area contributed by atoms with E-state index in [1.807, 2.05) is 18.4 Å². The van der Waals surface area contributed by atoms with E-state index in [4.69, 9.17) is 0 Å². The Kier molecular flexibility index (Phi) is 2.44. The number of aromatic nitrogens is 3. The van der Waals surface area contributed by atoms with Crippen molar-refractivity contribution in [3.05, 3.63) is 41.5 Å². The summed E-state index contributed by atoms with van der Waals surface area (Å²) in [7, 11) is 0. The van der Waals surface area contributed by atoms with Gasteiger partial charge in [-0.1, -0.05) is 12.1 Å². The van der Waals surface area contributed by atoms with Crippen LogP contribution in [0.2, 0.25) is 0 Å². The quantitative estimate of drug-likeness (QED) is 0.721. The van der Waals surface area contributed by atoms with Crippen molar-refractivity contribution in [3.8, 4) is 5.69 Å². The van der Waals surface area contributed by atoms with Crippen molar-refractivity contribution in [2.24, 2.45) is 0 Å². The van der Waals surface area contributed by atoms with Crippen molar-refractivity contribution in [1.82, 2.24) is 14.8 Å². The zero-order valence-corrected chi connectivity index (χ0v) is 8.97. The van der Waals surface area contributed by atoms with E-state index in [-0.39, 0.29) is 5.56 Å². The predicted molar refractivity (Wildman–Crippen MR) is 55.2 cm³/mol. The number of carbonyl (C=O) groups excluding carboxylic acids is 1. The highest BCUT2D eigenvalue weighted by Crippen LogP contribution is 2.13. The van der Waals surface area contributed by atoms with Gasteiger partial charge < -0.3 is 9.90 Å². The molecule has 2 rings (SSSR count). The van der Waals surface area contributed by atoms with E-state index in [2.05, 4.69) is 10.2 Å². The van der Waals surface area contributed by atoms with Crippen molar-refractivity contribution in [2.45, 2.75) is 13.8 Å². The van der Waals surface area contributed by atoms with Crippen molar-refractivity contribution >= 4 is 5.97 Å². The van der Waals surface area contributed by atoms with Crippen LogP contribution in [0.1, 0.15) is 22.0 Å². The van der Waals surface area contributed by atoms with Gasteiger partial charge in [0.15, 0.2) is 0 Å². The Hall–Kier alpha value is -2.17. The number of nitrogens with zero attached hydrogens (tertiary/aromatic N) is 3. The van der Waals surface area contributed by atoms with Crippen LogP contribution in [0.4, 0.5) is 0 Å². The van der Waals surface area contributed by atoms with Crippen LogP contribution in [0.15, 0.2) is 24.3 Å². The van der Waals surface area contributed by atoms with E-state index in [1.165, 1.54) is 12.1 Å². The van der Waals surface area contributed by atoms with Gasteiger partial charge in [-0.3, -0.25) is 4.57 Å². The van der Waals surface area contributed by atoms with Gasteiger partial charge in [-0.25, -0.2) is 0 Å². The molecule has 5 heteroatoms. The fourth-order valence-electron chi connectivity index (χ4n) is 1.59. The zero-order valence-electron chi connectivity index (χ0n) is 8.97. The molecule has 0 aliphatic rings. The third kappa shape index (κ3) is 1.67. The lowest BCUT2D eigenvalue weighted by molar-refractivity contribution is -0.255. The molecule has 1 heterocycles. The Morgan fingerprint density at radius 3 is 2.06 bits per heavy atom. The lowest BCUT2D eigenvalue weighted by Crippen LogP contribution is -2.22. The van der Waals surface area contributed by atoms with Gasteiger partial charge in [-0.2, -0.15) is 0 Å². The van der Waals surface area contributed by atoms with Crippen LogP contribution in [0.3, 0.4) is 0 Å². The highest BCUT2D eigenvalue weighted by atomic mass is 16.4. The lowest BCUT2D eigenvalue weighted by atomic mass is 10.2. The number of rotatable bonds is 2. The molecule has 0 atom stereocenters. The van der Waals surface area contributed by atoms with E-state index in [0.717, 1.165) is 17.3 Å². The van der Waals surface area contributed by atoms with Crippen LogP contribution in [-0.4, -0.2) is 20.7 Å². The number of hydrogen-bond donors (Lipinski definition) is 0. The Bertz CT molecular complexity index is 509. The van der Waals surface area contributed by atoms with Crippen LogP contribution < -0.4 is 5.11 Å². The average molecular weight is 216 g/mol. The molecule has 1 aromatic carbocycles. The number of benzene rings is 1. The predicted octanol–water partition coefficient (Wildman–Crippen LogP) is 0.248. The fraction of sp³-hybridized carbons (Fsp3) is 0.182. The molecule has 0 aliphatic heterocycles. The van der Waals surface area contributed by atoms with E-state index in [9.17, 15) is 9.90 Å². The monoisotopic (exact) mass is 216 g/mol. The molecule has 0 radical (unpaired) electrons. The van der Waals surface area contributed by atoms with Gasteiger partial charge in [-0.05, 0) is 31.5 Å². The first-order valence-electron chi connectivity index (χ1n) is 4.80. The third-order valence-corrected chi connectivity index (χ3v) is 2.35. The molecule has 0 saturated heterocycles. The van der Waals surface area contributed by atoms with Crippen molar-refractivity contribution in [1.29, 1.82) is 0 Å². The summed E-state index contributed by atoms with van der Waals surface area (Å²) in [4.78, 5) is 10.6. The first kappa shape index (κ1) is 10.4. The van der Waals surface area contributed by atoms with Crippen LogP contribution in [0.5, 0.6) is 0 Å². The smallest absolute Gasteiger partial charge is 0.134 e. The zero-order chi connectivity index (χ0) is 11.7. The van der Waals surface area contributed by atoms with Crippen molar-refractivity contribution < 1.29 is 9.90 Å². The summed E-state index contributed by atoms with van der Waals surface area (Å²) in [6.07, 6.45) is 0. The molecule has 0 saturated carbocycles. The highest BCUT2D eigenvalue weighted by molar-refractivity contribution is 5.85. The van der Waals surface area contributed by atoms with Crippen LogP contribution >= 0.6 is 0 Å². The summed E-state index contributed by atoms with van der Waals surface area (Å²) >= 11 is 0. The molecule has 0 N–H and O–H groups in total. The molecular weight excluding hydrogens is 206 g/mol. The Labute approximate surface area is 92.4 Å². The number of aryl methyl sites for hydroxylation is 2. The first-order chi connectivity index (χ1) is 7.59. The fourth-order valence-corrected chi connectivity index (χ4v) is 1.59. The summed E-state index contributed by atoms with van der Waals surface area (Å²) in [5.74, 6) is 0.348. The van der Waals surface area contributed by atoms with Crippen LogP contribution in [0.25, 0.3) is 5.69 Å². The molecule has 5 nitrogen and oxygen atoms in total. The number of aromatic carboxylic acids is 1. The molecule has 16 heavy (non-hydrogen) atoms. The van der Waals surface area contributed by atoms with E-state index in [0.29, 0.717) is 0 Å². The normalized spacial score (nSPS) is 10.4. The maximum absolute atomic E-state index is 10.6. The highest BCUT2D eigenvalue weighted by Gasteiger charge is 2.06. The Balaban J connectivity index is 2.46. The molecule has 0 fully saturated rings. The van der Waals surface area contributed by atoms with Gasteiger partial charge in [0, 0.05) is 5.69 Å². The molecule has 0 bridgehead atoms. The number of carboxylic acid groups (broad SMARTS) is 1. The van der Waals surface area contributed by atoms with E-state index >= 15 is 0 Å². The number of carboxylic acids is 1. The summed E-state index contributed by atoms with van der Waals surface area (Å²) < 4.78 is 1.85. The molecule has 82 valence electrons. The third-order valence-electron chi connectivity index (χ3n) is 2.35. The Morgan fingerprint density at radius 1 is 1.12 bits per heavy atom. The van der Waals surface area contributed by atoms with Gasteiger partial charge in [0.25, 0.3) is 0 Å². The molecule has 0 aliphatic carbocycles. The minimum absolute atomic E-state index is 0.159. The molecular formula is C11H10N3O2-. The van der Waals surface area contributed by atoms with Gasteiger partial charge in [0.1, 0.15) is 11.6 Å². The molecule has 0 amide bonds. The summed E-state index contributed by atoms with van der Waals surface area (Å²) in [5.41, 5.74) is 0.997. The molecule has 2 aromatic rings. The molecule has 1 aromatic heterocycles. The minimum atomic E-state index is -1.18. The van der Waals surface area contributed by atoms with Crippen molar-refractivity contribution in [2.75, 3.05) is 0 Å². The van der Waals surface area contributed by atoms with Gasteiger partial charge in [-0.15, -0.1) is 10.2 Å². The second-order valence-electron chi connectivity index (χ2n) is 3.46. The van der Waals surface area contributed by atoms with E-state index in [1.54, 1.807) is 12.1 Å². The largest absolute Gasteiger partial charge is 0.545 e. The molecule has 0 unspecified atom stereocenters. The standard InChI is InChI=1S/C11H11N3O2/c1-7-12-13-8(2)14(7)10-5-3-9(4-6-10)11(15)16/h3-6H,1-2H3,(H,15,16)/p-1. The topological polar surface area (TPSA) is 70.8 Å². The second kappa shape index (κ2) is 3.77. The van der Waals surface area contributed by atoms with Crippen LogP contribution in [-0.2, 0) is 0 Å². The maximum atomic E-state index is 10.6. The van der Waals surface area contributed by atoms with Crippen LogP contribution in [0, 0.1) is 13.8 Å². The molecule has 0 spiro atoms. The Morgan fingerprint density at radius 2 is 1.62 bits per heavy atom. The lowest BCUT2D eigenvalue weighted by Gasteiger charge is -2.07. The van der Waals surface area contributed by atoms with Gasteiger partial charge >= 0.3 is 0 Å². The van der Waals surface area contributed by atoms with Gasteiger partial charge in [0.2, 0.25) is 0 Å². The van der Waals surface area contributed by atoms with E-state index < -0.39 is 5.97 Å². The van der Waals surface area contributed by atoms with Gasteiger partial charge in [0.05, 0.1) is 5.97 Å². The maximum Gasteiger partial charge on any atom is 0.134 e. The summed E-state index contributed by atoms with van der Waals surface area (Å²) in [6, 6.07) is 6.41. The van der Waals surface area contributed by atoms with Crippen molar-refractivity contribution in [3.63, 3.8) is 0 Å². The number of hydrogen-bond acceptors (Lipinski definition) is 4. The first-order valence-corrected chi connectivity index (χ1v) is 4.80.